The lowest BCUT2D eigenvalue weighted by atomic mass is 10.00. The van der Waals surface area contributed by atoms with Gasteiger partial charge in [0.2, 0.25) is 6.10 Å². The normalized spacial score (nSPS) is 16.3. The molecule has 3 rings (SSSR count). The Morgan fingerprint density at radius 3 is 2.48 bits per heavy atom. The lowest BCUT2D eigenvalue weighted by Crippen LogP contribution is -2.57. The Morgan fingerprint density at radius 1 is 1.26 bits per heavy atom. The number of rotatable bonds is 6. The smallest absolute Gasteiger partial charge is 0.266 e. The third kappa shape index (κ3) is 4.78. The molecule has 1 aliphatic rings. The second kappa shape index (κ2) is 8.27. The van der Waals surface area contributed by atoms with E-state index in [2.05, 4.69) is 16.8 Å². The number of aliphatic hydroxyl groups is 1. The molecule has 146 valence electrons. The van der Waals surface area contributed by atoms with Gasteiger partial charge in [-0.25, -0.2) is 4.98 Å². The van der Waals surface area contributed by atoms with Crippen LogP contribution in [-0.2, 0) is 11.2 Å². The quantitative estimate of drug-likeness (QED) is 0.823. The van der Waals surface area contributed by atoms with Gasteiger partial charge in [-0.2, -0.15) is 0 Å². The summed E-state index contributed by atoms with van der Waals surface area (Å²) in [5.74, 6) is 0.394. The van der Waals surface area contributed by atoms with Gasteiger partial charge in [-0.1, -0.05) is 25.1 Å². The Kier molecular flexibility index (Phi) is 6.01. The van der Waals surface area contributed by atoms with Crippen LogP contribution in [0.1, 0.15) is 25.6 Å². The van der Waals surface area contributed by atoms with Crippen molar-refractivity contribution in [2.45, 2.75) is 38.9 Å². The second-order valence-corrected chi connectivity index (χ2v) is 8.33. The Bertz CT molecular complexity index is 749. The number of aryl methyl sites for hydroxylation is 1. The number of hydrogen-bond donors (Lipinski definition) is 1. The number of carbonyl (C=O) groups excluding carboxylic acids is 1. The summed E-state index contributed by atoms with van der Waals surface area (Å²) in [6.45, 7) is 7.97. The summed E-state index contributed by atoms with van der Waals surface area (Å²) >= 11 is 1.71. The number of ether oxygens (including phenoxy) is 1. The van der Waals surface area contributed by atoms with Gasteiger partial charge in [-0.15, -0.1) is 11.3 Å². The van der Waals surface area contributed by atoms with Gasteiger partial charge in [0.05, 0.1) is 0 Å². The Balaban J connectivity index is 1.65. The van der Waals surface area contributed by atoms with Crippen molar-refractivity contribution in [2.24, 2.45) is 0 Å². The molecule has 0 radical (unpaired) electrons. The molecule has 2 heterocycles. The number of anilines is 1. The van der Waals surface area contributed by atoms with Gasteiger partial charge < -0.3 is 19.6 Å². The molecule has 7 heteroatoms. The van der Waals surface area contributed by atoms with Crippen LogP contribution in [0, 0.1) is 0 Å². The predicted octanol–water partition coefficient (Wildman–Crippen LogP) is 2.57. The first-order chi connectivity index (χ1) is 12.9. The molecular weight excluding hydrogens is 362 g/mol. The summed E-state index contributed by atoms with van der Waals surface area (Å²) in [6.07, 6.45) is 1.97. The maximum Gasteiger partial charge on any atom is 0.266 e. The Hall–Kier alpha value is -2.12. The molecule has 1 amide bonds. The molecule has 2 aromatic rings. The molecule has 1 aliphatic heterocycles. The number of para-hydroxylation sites is 1. The van der Waals surface area contributed by atoms with E-state index in [1.165, 1.54) is 4.88 Å². The number of piperazine rings is 1. The van der Waals surface area contributed by atoms with Crippen LogP contribution >= 0.6 is 11.3 Å². The topological polar surface area (TPSA) is 65.9 Å². The maximum atomic E-state index is 13.1. The van der Waals surface area contributed by atoms with E-state index < -0.39 is 11.7 Å². The number of benzene rings is 1. The number of carbonyl (C=O) groups is 1. The van der Waals surface area contributed by atoms with Crippen LogP contribution < -0.4 is 9.64 Å². The molecule has 1 unspecified atom stereocenters. The molecule has 0 bridgehead atoms. The summed E-state index contributed by atoms with van der Waals surface area (Å²) in [6, 6.07) is 9.15. The van der Waals surface area contributed by atoms with Gasteiger partial charge in [0.15, 0.2) is 5.13 Å². The average Bonchev–Trinajstić information content (AvgIpc) is 3.15. The lowest BCUT2D eigenvalue weighted by Gasteiger charge is -2.38. The summed E-state index contributed by atoms with van der Waals surface area (Å²) < 4.78 is 5.86. The SMILES string of the molecule is CCc1cnc(N2CCN(C(=O)C(Oc3ccccc3)C(C)(C)O)CC2)s1. The zero-order valence-corrected chi connectivity index (χ0v) is 16.9. The molecule has 0 spiro atoms. The molecule has 1 N–H and O–H groups in total. The Morgan fingerprint density at radius 2 is 1.93 bits per heavy atom. The fraction of sp³-hybridized carbons (Fsp3) is 0.500. The van der Waals surface area contributed by atoms with Gasteiger partial charge in [0, 0.05) is 37.3 Å². The molecular formula is C20H27N3O3S. The van der Waals surface area contributed by atoms with Gasteiger partial charge in [-0.3, -0.25) is 4.79 Å². The highest BCUT2D eigenvalue weighted by atomic mass is 32.1. The largest absolute Gasteiger partial charge is 0.478 e. The molecule has 1 fully saturated rings. The van der Waals surface area contributed by atoms with E-state index in [1.54, 1.807) is 42.2 Å². The van der Waals surface area contributed by atoms with Crippen molar-refractivity contribution in [3.63, 3.8) is 0 Å². The van der Waals surface area contributed by atoms with E-state index in [0.29, 0.717) is 18.8 Å². The van der Waals surface area contributed by atoms with Gasteiger partial charge in [0.1, 0.15) is 11.4 Å². The molecule has 0 saturated carbocycles. The van der Waals surface area contributed by atoms with Crippen molar-refractivity contribution >= 4 is 22.4 Å². The average molecular weight is 390 g/mol. The van der Waals surface area contributed by atoms with Crippen LogP contribution in [0.3, 0.4) is 0 Å². The molecule has 1 aromatic heterocycles. The second-order valence-electron chi connectivity index (χ2n) is 7.24. The van der Waals surface area contributed by atoms with Crippen molar-refractivity contribution in [3.05, 3.63) is 41.4 Å². The van der Waals surface area contributed by atoms with E-state index >= 15 is 0 Å². The van der Waals surface area contributed by atoms with Crippen LogP contribution in [0.2, 0.25) is 0 Å². The van der Waals surface area contributed by atoms with Crippen LogP contribution in [0.5, 0.6) is 5.75 Å². The monoisotopic (exact) mass is 389 g/mol. The van der Waals surface area contributed by atoms with E-state index in [4.69, 9.17) is 4.74 Å². The van der Waals surface area contributed by atoms with Crippen LogP contribution in [0.15, 0.2) is 36.5 Å². The minimum Gasteiger partial charge on any atom is -0.478 e. The van der Waals surface area contributed by atoms with Crippen LogP contribution in [-0.4, -0.2) is 58.8 Å². The molecule has 1 atom stereocenters. The van der Waals surface area contributed by atoms with Crippen LogP contribution in [0.25, 0.3) is 0 Å². The zero-order valence-electron chi connectivity index (χ0n) is 16.1. The fourth-order valence-electron chi connectivity index (χ4n) is 3.02. The highest BCUT2D eigenvalue weighted by Gasteiger charge is 2.39. The maximum absolute atomic E-state index is 13.1. The number of nitrogens with zero attached hydrogens (tertiary/aromatic N) is 3. The van der Waals surface area contributed by atoms with Crippen molar-refractivity contribution in [3.8, 4) is 5.75 Å². The van der Waals surface area contributed by atoms with Gasteiger partial charge in [-0.05, 0) is 32.4 Å². The zero-order chi connectivity index (χ0) is 19.4. The third-order valence-electron chi connectivity index (χ3n) is 4.61. The predicted molar refractivity (Wildman–Crippen MR) is 107 cm³/mol. The number of aromatic nitrogens is 1. The molecule has 1 aromatic carbocycles. The first kappa shape index (κ1) is 19.6. The molecule has 1 saturated heterocycles. The van der Waals surface area contributed by atoms with Crippen molar-refractivity contribution < 1.29 is 14.6 Å². The first-order valence-electron chi connectivity index (χ1n) is 9.31. The molecule has 6 nitrogen and oxygen atoms in total. The van der Waals surface area contributed by atoms with Crippen molar-refractivity contribution in [1.82, 2.24) is 9.88 Å². The van der Waals surface area contributed by atoms with Crippen molar-refractivity contribution in [2.75, 3.05) is 31.1 Å². The summed E-state index contributed by atoms with van der Waals surface area (Å²) in [5.41, 5.74) is -1.28. The lowest BCUT2D eigenvalue weighted by molar-refractivity contribution is -0.150. The van der Waals surface area contributed by atoms with E-state index in [9.17, 15) is 9.90 Å². The molecule has 27 heavy (non-hydrogen) atoms. The first-order valence-corrected chi connectivity index (χ1v) is 10.1. The Labute approximate surface area is 164 Å². The molecule has 0 aliphatic carbocycles. The van der Waals surface area contributed by atoms with Crippen LogP contribution in [0.4, 0.5) is 5.13 Å². The summed E-state index contributed by atoms with van der Waals surface area (Å²) in [4.78, 5) is 22.8. The number of amides is 1. The number of hydrogen-bond acceptors (Lipinski definition) is 6. The standard InChI is InChI=1S/C20H27N3O3S/c1-4-16-14-21-19(27-16)23-12-10-22(11-13-23)18(24)17(20(2,3)25)26-15-8-6-5-7-9-15/h5-9,14,17,25H,4,10-13H2,1-3H3. The highest BCUT2D eigenvalue weighted by molar-refractivity contribution is 7.15. The number of thiazole rings is 1. The van der Waals surface area contributed by atoms with Gasteiger partial charge >= 0.3 is 0 Å². The third-order valence-corrected chi connectivity index (χ3v) is 5.82. The minimum atomic E-state index is -1.28. The fourth-order valence-corrected chi connectivity index (χ4v) is 3.92. The van der Waals surface area contributed by atoms with E-state index in [0.717, 1.165) is 24.6 Å². The van der Waals surface area contributed by atoms with Gasteiger partial charge in [0.25, 0.3) is 5.91 Å². The van der Waals surface area contributed by atoms with E-state index in [-0.39, 0.29) is 5.91 Å². The van der Waals surface area contributed by atoms with E-state index in [1.807, 2.05) is 24.4 Å². The van der Waals surface area contributed by atoms with Crippen molar-refractivity contribution in [1.29, 1.82) is 0 Å². The highest BCUT2D eigenvalue weighted by Crippen LogP contribution is 2.25. The summed E-state index contributed by atoms with van der Waals surface area (Å²) in [5, 5.41) is 11.5. The summed E-state index contributed by atoms with van der Waals surface area (Å²) in [7, 11) is 0. The minimum absolute atomic E-state index is 0.181.